The van der Waals surface area contributed by atoms with Crippen LogP contribution in [0.4, 0.5) is 0 Å². The molecular weight excluding hydrogens is 526 g/mol. The number of carbonyl (C=O) groups is 5. The molecule has 0 saturated carbocycles. The molecule has 0 spiro atoms. The maximum Gasteiger partial charge on any atom is 0.328 e. The van der Waals surface area contributed by atoms with Crippen LogP contribution in [-0.4, -0.2) is 86.9 Å². The van der Waals surface area contributed by atoms with Crippen molar-refractivity contribution in [3.63, 3.8) is 0 Å². The molecule has 5 atom stereocenters. The molecule has 1 aromatic heterocycles. The molecule has 0 radical (unpaired) electrons. The van der Waals surface area contributed by atoms with Gasteiger partial charge in [-0.25, -0.2) is 4.68 Å². The van der Waals surface area contributed by atoms with Crippen molar-refractivity contribution >= 4 is 41.6 Å². The number of hydrogen-bond donors (Lipinski definition) is 0. The average molecular weight is 560 g/mol. The second-order valence-corrected chi connectivity index (χ2v) is 10.5. The Bertz CT molecular complexity index is 1020. The molecule has 2 rings (SSSR count). The van der Waals surface area contributed by atoms with Gasteiger partial charge in [0.15, 0.2) is 18.3 Å². The summed E-state index contributed by atoms with van der Waals surface area (Å²) in [5, 5.41) is 7.96. The Labute approximate surface area is 223 Å². The minimum absolute atomic E-state index is 0.145. The van der Waals surface area contributed by atoms with Crippen molar-refractivity contribution in [3.8, 4) is 0 Å². The number of carbonyl (C=O) groups excluding carboxylic acids is 5. The Balaban J connectivity index is 2.25. The molecular formula is C23H33N3O11S. The summed E-state index contributed by atoms with van der Waals surface area (Å²) in [6, 6.07) is 0. The van der Waals surface area contributed by atoms with E-state index in [1.807, 2.05) is 0 Å². The van der Waals surface area contributed by atoms with Crippen LogP contribution in [0.5, 0.6) is 0 Å². The number of hydrogen-bond acceptors (Lipinski definition) is 14. The number of aromatic nitrogens is 3. The summed E-state index contributed by atoms with van der Waals surface area (Å²) in [4.78, 5) is 59.2. The van der Waals surface area contributed by atoms with Gasteiger partial charge in [-0.3, -0.25) is 24.0 Å². The van der Waals surface area contributed by atoms with Gasteiger partial charge in [0.05, 0.1) is 5.69 Å². The molecule has 1 aliphatic rings. The molecule has 14 nitrogen and oxygen atoms in total. The first-order valence-corrected chi connectivity index (χ1v) is 12.7. The number of rotatable bonds is 10. The van der Waals surface area contributed by atoms with Crippen LogP contribution in [0.15, 0.2) is 6.20 Å². The molecule has 0 amide bonds. The standard InChI is InChI=1S/C23H33N3O11S/c1-12(27)32-10-17-19(33-13(2)28)20(34-14(3)29)21(35-15(4)30)22(36-17)38-11-16-8-26(25-24-16)9-18(31)37-23(5,6)7/h8,17,19-22H,9-11H2,1-7H3/t17-,19+,20+,21-,22+/m1/s1. The molecule has 0 unspecified atom stereocenters. The van der Waals surface area contributed by atoms with Crippen molar-refractivity contribution in [2.45, 2.75) is 96.2 Å². The van der Waals surface area contributed by atoms with E-state index in [2.05, 4.69) is 10.3 Å². The Kier molecular flexibility index (Phi) is 11.1. The fraction of sp³-hybridized carbons (Fsp3) is 0.696. The lowest BCUT2D eigenvalue weighted by atomic mass is 9.99. The number of ether oxygens (including phenoxy) is 6. The van der Waals surface area contributed by atoms with Crippen LogP contribution >= 0.6 is 11.8 Å². The summed E-state index contributed by atoms with van der Waals surface area (Å²) >= 11 is 1.13. The van der Waals surface area contributed by atoms with E-state index in [0.29, 0.717) is 5.69 Å². The first-order valence-electron chi connectivity index (χ1n) is 11.7. The van der Waals surface area contributed by atoms with Gasteiger partial charge in [0.1, 0.15) is 30.3 Å². The van der Waals surface area contributed by atoms with Gasteiger partial charge in [-0.1, -0.05) is 5.21 Å². The van der Waals surface area contributed by atoms with Crippen LogP contribution in [0, 0.1) is 0 Å². The van der Waals surface area contributed by atoms with E-state index in [-0.39, 0.29) is 18.9 Å². The van der Waals surface area contributed by atoms with Gasteiger partial charge in [0.2, 0.25) is 0 Å². The maximum absolute atomic E-state index is 12.1. The maximum atomic E-state index is 12.1. The lowest BCUT2D eigenvalue weighted by molar-refractivity contribution is -0.237. The highest BCUT2D eigenvalue weighted by Crippen LogP contribution is 2.35. The zero-order chi connectivity index (χ0) is 28.6. The molecule has 15 heteroatoms. The molecule has 0 aliphatic carbocycles. The van der Waals surface area contributed by atoms with Crippen molar-refractivity contribution in [1.82, 2.24) is 15.0 Å². The summed E-state index contributed by atoms with van der Waals surface area (Å²) in [6.45, 7) is 9.45. The second kappa shape index (κ2) is 13.6. The Morgan fingerprint density at radius 2 is 1.50 bits per heavy atom. The fourth-order valence-electron chi connectivity index (χ4n) is 3.48. The predicted molar refractivity (Wildman–Crippen MR) is 129 cm³/mol. The summed E-state index contributed by atoms with van der Waals surface area (Å²) < 4.78 is 33.9. The first kappa shape index (κ1) is 31.0. The monoisotopic (exact) mass is 559 g/mol. The third-order valence-electron chi connectivity index (χ3n) is 4.64. The lowest BCUT2D eigenvalue weighted by Crippen LogP contribution is -2.61. The highest BCUT2D eigenvalue weighted by Gasteiger charge is 2.52. The van der Waals surface area contributed by atoms with Gasteiger partial charge in [-0.15, -0.1) is 16.9 Å². The van der Waals surface area contributed by atoms with Crippen LogP contribution in [0.3, 0.4) is 0 Å². The first-order chi connectivity index (χ1) is 17.6. The van der Waals surface area contributed by atoms with Crippen molar-refractivity contribution in [1.29, 1.82) is 0 Å². The van der Waals surface area contributed by atoms with Crippen LogP contribution in [0.1, 0.15) is 54.2 Å². The van der Waals surface area contributed by atoms with Gasteiger partial charge in [-0.2, -0.15) is 0 Å². The van der Waals surface area contributed by atoms with Crippen molar-refractivity contribution in [2.24, 2.45) is 0 Å². The molecule has 212 valence electrons. The van der Waals surface area contributed by atoms with Gasteiger partial charge in [0.25, 0.3) is 0 Å². The quantitative estimate of drug-likeness (QED) is 0.293. The highest BCUT2D eigenvalue weighted by atomic mass is 32.2. The zero-order valence-corrected chi connectivity index (χ0v) is 23.1. The third kappa shape index (κ3) is 10.3. The van der Waals surface area contributed by atoms with Gasteiger partial charge in [0, 0.05) is 39.6 Å². The van der Waals surface area contributed by atoms with E-state index in [0.717, 1.165) is 25.6 Å². The summed E-state index contributed by atoms with van der Waals surface area (Å²) in [5.41, 5.74) is -1.14. The van der Waals surface area contributed by atoms with Crippen molar-refractivity contribution in [3.05, 3.63) is 11.9 Å². The van der Waals surface area contributed by atoms with Crippen molar-refractivity contribution < 1.29 is 52.4 Å². The fourth-order valence-corrected chi connectivity index (χ4v) is 4.57. The van der Waals surface area contributed by atoms with Crippen LogP contribution in [0.25, 0.3) is 0 Å². The normalized spacial score (nSPS) is 23.2. The number of nitrogens with zero attached hydrogens (tertiary/aromatic N) is 3. The summed E-state index contributed by atoms with van der Waals surface area (Å²) in [5.74, 6) is -3.02. The minimum atomic E-state index is -1.25. The zero-order valence-electron chi connectivity index (χ0n) is 22.3. The Hall–Kier alpha value is -3.20. The van der Waals surface area contributed by atoms with E-state index < -0.39 is 65.3 Å². The highest BCUT2D eigenvalue weighted by molar-refractivity contribution is 7.99. The SMILES string of the molecule is CC(=O)OC[C@H]1O[C@@H](SCc2cn(CC(=O)OC(C)(C)C)nn2)[C@H](OC(C)=O)[C@@H](OC(C)=O)[C@H]1OC(C)=O. The smallest absolute Gasteiger partial charge is 0.328 e. The number of thioether (sulfide) groups is 1. The molecule has 1 saturated heterocycles. The molecule has 2 heterocycles. The van der Waals surface area contributed by atoms with Crippen LogP contribution < -0.4 is 0 Å². The molecule has 1 aliphatic heterocycles. The molecule has 1 aromatic rings. The van der Waals surface area contributed by atoms with Gasteiger partial charge < -0.3 is 28.4 Å². The lowest BCUT2D eigenvalue weighted by Gasteiger charge is -2.44. The van der Waals surface area contributed by atoms with E-state index in [9.17, 15) is 24.0 Å². The minimum Gasteiger partial charge on any atom is -0.463 e. The third-order valence-corrected chi connectivity index (χ3v) is 5.81. The van der Waals surface area contributed by atoms with E-state index in [1.165, 1.54) is 18.5 Å². The summed E-state index contributed by atoms with van der Waals surface area (Å²) in [7, 11) is 0. The van der Waals surface area contributed by atoms with Crippen LogP contribution in [0.2, 0.25) is 0 Å². The van der Waals surface area contributed by atoms with Crippen molar-refractivity contribution in [2.75, 3.05) is 6.61 Å². The Morgan fingerprint density at radius 3 is 2.05 bits per heavy atom. The molecule has 0 aromatic carbocycles. The Morgan fingerprint density at radius 1 is 0.921 bits per heavy atom. The van der Waals surface area contributed by atoms with Gasteiger partial charge >= 0.3 is 29.8 Å². The average Bonchev–Trinajstić information content (AvgIpc) is 3.19. The molecule has 0 bridgehead atoms. The van der Waals surface area contributed by atoms with E-state index in [1.54, 1.807) is 27.0 Å². The molecule has 1 fully saturated rings. The van der Waals surface area contributed by atoms with E-state index in [4.69, 9.17) is 28.4 Å². The number of esters is 5. The largest absolute Gasteiger partial charge is 0.463 e. The topological polar surface area (TPSA) is 171 Å². The second-order valence-electron chi connectivity index (χ2n) is 9.37. The van der Waals surface area contributed by atoms with Crippen LogP contribution in [-0.2, 0) is 64.7 Å². The van der Waals surface area contributed by atoms with Gasteiger partial charge in [-0.05, 0) is 20.8 Å². The predicted octanol–water partition coefficient (Wildman–Crippen LogP) is 0.936. The van der Waals surface area contributed by atoms with E-state index >= 15 is 0 Å². The molecule has 0 N–H and O–H groups in total. The molecule has 38 heavy (non-hydrogen) atoms. The summed E-state index contributed by atoms with van der Waals surface area (Å²) in [6.07, 6.45) is -3.17.